The minimum Gasteiger partial charge on any atom is -0.507 e. The summed E-state index contributed by atoms with van der Waals surface area (Å²) in [5.41, 5.74) is 7.94. The van der Waals surface area contributed by atoms with Crippen LogP contribution in [0.1, 0.15) is 21.5 Å². The SMILES string of the molecule is CN(Cc1ccc(CN)cc1)C(=O)c1ccccc1O. The topological polar surface area (TPSA) is 66.6 Å². The lowest BCUT2D eigenvalue weighted by Gasteiger charge is -2.18. The molecule has 0 fully saturated rings. The molecule has 20 heavy (non-hydrogen) atoms. The largest absolute Gasteiger partial charge is 0.507 e. The molecule has 0 aliphatic carbocycles. The number of nitrogens with zero attached hydrogens (tertiary/aromatic N) is 1. The van der Waals surface area contributed by atoms with E-state index in [0.29, 0.717) is 18.7 Å². The molecule has 0 unspecified atom stereocenters. The van der Waals surface area contributed by atoms with Crippen LogP contribution < -0.4 is 5.73 Å². The predicted molar refractivity (Wildman–Crippen MR) is 78.2 cm³/mol. The molecule has 0 aromatic heterocycles. The van der Waals surface area contributed by atoms with Crippen molar-refractivity contribution >= 4 is 5.91 Å². The van der Waals surface area contributed by atoms with E-state index in [4.69, 9.17) is 5.73 Å². The standard InChI is InChI=1S/C16H18N2O2/c1-18(11-13-8-6-12(10-17)7-9-13)16(20)14-4-2-3-5-15(14)19/h2-9,19H,10-11,17H2,1H3. The molecule has 0 bridgehead atoms. The van der Waals surface area contributed by atoms with Gasteiger partial charge in [-0.25, -0.2) is 0 Å². The number of phenolic OH excluding ortho intramolecular Hbond substituents is 1. The second-order valence-corrected chi connectivity index (χ2v) is 4.70. The van der Waals surface area contributed by atoms with Crippen molar-refractivity contribution in [3.05, 3.63) is 65.2 Å². The summed E-state index contributed by atoms with van der Waals surface area (Å²) in [6.07, 6.45) is 0. The molecular formula is C16H18N2O2. The number of para-hydroxylation sites is 1. The molecule has 3 N–H and O–H groups in total. The molecule has 2 aromatic rings. The molecule has 0 aliphatic rings. The van der Waals surface area contributed by atoms with Gasteiger partial charge in [0.2, 0.25) is 0 Å². The highest BCUT2D eigenvalue weighted by Gasteiger charge is 2.15. The van der Waals surface area contributed by atoms with Gasteiger partial charge >= 0.3 is 0 Å². The van der Waals surface area contributed by atoms with Crippen molar-refractivity contribution in [2.24, 2.45) is 5.73 Å². The zero-order valence-corrected chi connectivity index (χ0v) is 11.4. The minimum atomic E-state index is -0.203. The molecule has 0 radical (unpaired) electrons. The lowest BCUT2D eigenvalue weighted by atomic mass is 10.1. The summed E-state index contributed by atoms with van der Waals surface area (Å²) in [5.74, 6) is -0.200. The monoisotopic (exact) mass is 270 g/mol. The van der Waals surface area contributed by atoms with Crippen LogP contribution in [0.3, 0.4) is 0 Å². The Kier molecular flexibility index (Phi) is 4.38. The Morgan fingerprint density at radius 2 is 1.70 bits per heavy atom. The Bertz CT molecular complexity index is 594. The smallest absolute Gasteiger partial charge is 0.257 e. The summed E-state index contributed by atoms with van der Waals surface area (Å²) < 4.78 is 0. The molecule has 4 nitrogen and oxygen atoms in total. The number of carbonyl (C=O) groups excluding carboxylic acids is 1. The Labute approximate surface area is 118 Å². The van der Waals surface area contributed by atoms with Crippen molar-refractivity contribution in [3.63, 3.8) is 0 Å². The Balaban J connectivity index is 2.09. The fourth-order valence-electron chi connectivity index (χ4n) is 1.99. The number of hydrogen-bond acceptors (Lipinski definition) is 3. The number of rotatable bonds is 4. The van der Waals surface area contributed by atoms with Crippen molar-refractivity contribution < 1.29 is 9.90 Å². The maximum absolute atomic E-state index is 12.2. The number of amides is 1. The lowest BCUT2D eigenvalue weighted by molar-refractivity contribution is 0.0782. The average Bonchev–Trinajstić information content (AvgIpc) is 2.48. The fourth-order valence-corrected chi connectivity index (χ4v) is 1.99. The van der Waals surface area contributed by atoms with Gasteiger partial charge in [0, 0.05) is 20.1 Å². The first-order chi connectivity index (χ1) is 9.61. The molecule has 0 atom stereocenters. The highest BCUT2D eigenvalue weighted by atomic mass is 16.3. The molecule has 0 saturated heterocycles. The van der Waals surface area contributed by atoms with Crippen LogP contribution in [0.5, 0.6) is 5.75 Å². The highest BCUT2D eigenvalue weighted by molar-refractivity contribution is 5.96. The van der Waals surface area contributed by atoms with E-state index >= 15 is 0 Å². The Morgan fingerprint density at radius 1 is 1.10 bits per heavy atom. The molecule has 2 aromatic carbocycles. The van der Waals surface area contributed by atoms with Gasteiger partial charge in [-0.15, -0.1) is 0 Å². The summed E-state index contributed by atoms with van der Waals surface area (Å²) in [4.78, 5) is 13.8. The minimum absolute atomic E-state index is 0.00262. The number of nitrogens with two attached hydrogens (primary N) is 1. The van der Waals surface area contributed by atoms with Gasteiger partial charge in [0.1, 0.15) is 5.75 Å². The molecule has 0 spiro atoms. The van der Waals surface area contributed by atoms with Gasteiger partial charge in [-0.3, -0.25) is 4.79 Å². The third-order valence-corrected chi connectivity index (χ3v) is 3.16. The van der Waals surface area contributed by atoms with Crippen LogP contribution in [-0.2, 0) is 13.1 Å². The van der Waals surface area contributed by atoms with Gasteiger partial charge in [-0.05, 0) is 23.3 Å². The maximum Gasteiger partial charge on any atom is 0.257 e. The third kappa shape index (κ3) is 3.16. The van der Waals surface area contributed by atoms with E-state index in [1.54, 1.807) is 30.1 Å². The molecule has 104 valence electrons. The van der Waals surface area contributed by atoms with Crippen molar-refractivity contribution in [1.82, 2.24) is 4.90 Å². The van der Waals surface area contributed by atoms with Crippen LogP contribution in [0.2, 0.25) is 0 Å². The zero-order chi connectivity index (χ0) is 14.5. The summed E-state index contributed by atoms with van der Waals surface area (Å²) in [7, 11) is 1.71. The molecule has 0 heterocycles. The Morgan fingerprint density at radius 3 is 2.30 bits per heavy atom. The van der Waals surface area contributed by atoms with E-state index in [9.17, 15) is 9.90 Å². The van der Waals surface area contributed by atoms with Gasteiger partial charge in [-0.1, -0.05) is 36.4 Å². The Hall–Kier alpha value is -2.33. The zero-order valence-electron chi connectivity index (χ0n) is 11.4. The maximum atomic E-state index is 12.2. The quantitative estimate of drug-likeness (QED) is 0.894. The first-order valence-corrected chi connectivity index (χ1v) is 6.43. The van der Waals surface area contributed by atoms with Crippen LogP contribution in [0.4, 0.5) is 0 Å². The van der Waals surface area contributed by atoms with E-state index in [-0.39, 0.29) is 11.7 Å². The third-order valence-electron chi connectivity index (χ3n) is 3.16. The molecule has 0 aliphatic heterocycles. The first kappa shape index (κ1) is 14.1. The summed E-state index contributed by atoms with van der Waals surface area (Å²) in [5, 5.41) is 9.70. The van der Waals surface area contributed by atoms with Gasteiger partial charge in [0.05, 0.1) is 5.56 Å². The van der Waals surface area contributed by atoms with E-state index in [2.05, 4.69) is 0 Å². The van der Waals surface area contributed by atoms with Crippen LogP contribution >= 0.6 is 0 Å². The molecule has 0 saturated carbocycles. The van der Waals surface area contributed by atoms with Crippen molar-refractivity contribution in [2.75, 3.05) is 7.05 Å². The number of phenols is 1. The number of carbonyl (C=O) groups is 1. The molecule has 4 heteroatoms. The first-order valence-electron chi connectivity index (χ1n) is 6.43. The van der Waals surface area contributed by atoms with Crippen molar-refractivity contribution in [1.29, 1.82) is 0 Å². The summed E-state index contributed by atoms with van der Waals surface area (Å²) in [6.45, 7) is 0.991. The lowest BCUT2D eigenvalue weighted by Crippen LogP contribution is -2.26. The van der Waals surface area contributed by atoms with Gasteiger partial charge < -0.3 is 15.7 Å². The van der Waals surface area contributed by atoms with E-state index in [1.165, 1.54) is 6.07 Å². The normalized spacial score (nSPS) is 10.3. The van der Waals surface area contributed by atoms with Crippen molar-refractivity contribution in [3.8, 4) is 5.75 Å². The number of benzene rings is 2. The van der Waals surface area contributed by atoms with Crippen LogP contribution in [-0.4, -0.2) is 23.0 Å². The van der Waals surface area contributed by atoms with Gasteiger partial charge in [-0.2, -0.15) is 0 Å². The fraction of sp³-hybridized carbons (Fsp3) is 0.188. The van der Waals surface area contributed by atoms with Crippen molar-refractivity contribution in [2.45, 2.75) is 13.1 Å². The van der Waals surface area contributed by atoms with Crippen LogP contribution in [0.15, 0.2) is 48.5 Å². The van der Waals surface area contributed by atoms with E-state index < -0.39 is 0 Å². The van der Waals surface area contributed by atoms with Gasteiger partial charge in [0.15, 0.2) is 0 Å². The number of hydrogen-bond donors (Lipinski definition) is 2. The van der Waals surface area contributed by atoms with Crippen LogP contribution in [0.25, 0.3) is 0 Å². The number of aromatic hydroxyl groups is 1. The summed E-state index contributed by atoms with van der Waals surface area (Å²) in [6, 6.07) is 14.4. The molecule has 1 amide bonds. The second kappa shape index (κ2) is 6.21. The highest BCUT2D eigenvalue weighted by Crippen LogP contribution is 2.18. The average molecular weight is 270 g/mol. The van der Waals surface area contributed by atoms with E-state index in [1.807, 2.05) is 24.3 Å². The summed E-state index contributed by atoms with van der Waals surface area (Å²) >= 11 is 0. The van der Waals surface area contributed by atoms with Crippen LogP contribution in [0, 0.1) is 0 Å². The molecule has 2 rings (SSSR count). The predicted octanol–water partition coefficient (Wildman–Crippen LogP) is 2.12. The molecular weight excluding hydrogens is 252 g/mol. The van der Waals surface area contributed by atoms with E-state index in [0.717, 1.165) is 11.1 Å². The second-order valence-electron chi connectivity index (χ2n) is 4.70. The van der Waals surface area contributed by atoms with Gasteiger partial charge in [0.25, 0.3) is 5.91 Å².